The van der Waals surface area contributed by atoms with E-state index in [4.69, 9.17) is 4.74 Å². The lowest BCUT2D eigenvalue weighted by atomic mass is 10.0. The van der Waals surface area contributed by atoms with Gasteiger partial charge in [0.1, 0.15) is 11.6 Å². The highest BCUT2D eigenvalue weighted by molar-refractivity contribution is 6.04. The van der Waals surface area contributed by atoms with Crippen LogP contribution in [0.2, 0.25) is 0 Å². The molecule has 4 heteroatoms. The van der Waals surface area contributed by atoms with E-state index >= 15 is 0 Å². The zero-order valence-corrected chi connectivity index (χ0v) is 11.8. The Morgan fingerprint density at radius 1 is 1.29 bits per heavy atom. The number of nitrogens with zero attached hydrogens (tertiary/aromatic N) is 1. The largest absolute Gasteiger partial charge is 0.383 e. The standard InChI is InChI=1S/C17H16N2O2/c1-21-10-9-19-17(20)15(12-18)11-14-7-4-6-13-5-2-3-8-16(13)14/h2-8,11H,9-10H2,1H3,(H,19,20)/b15-11-. The van der Waals surface area contributed by atoms with Crippen LogP contribution < -0.4 is 5.32 Å². The van der Waals surface area contributed by atoms with Crippen LogP contribution in [-0.4, -0.2) is 26.2 Å². The van der Waals surface area contributed by atoms with Crippen molar-refractivity contribution < 1.29 is 9.53 Å². The summed E-state index contributed by atoms with van der Waals surface area (Å²) in [6.45, 7) is 0.794. The van der Waals surface area contributed by atoms with E-state index in [-0.39, 0.29) is 11.5 Å². The van der Waals surface area contributed by atoms with Gasteiger partial charge in [-0.15, -0.1) is 0 Å². The normalized spacial score (nSPS) is 11.1. The maximum absolute atomic E-state index is 11.9. The van der Waals surface area contributed by atoms with Crippen molar-refractivity contribution in [3.63, 3.8) is 0 Å². The van der Waals surface area contributed by atoms with Crippen LogP contribution in [0.3, 0.4) is 0 Å². The van der Waals surface area contributed by atoms with Gasteiger partial charge in [0.05, 0.1) is 6.61 Å². The SMILES string of the molecule is COCCNC(=O)/C(C#N)=C\c1cccc2ccccc12. The van der Waals surface area contributed by atoms with Gasteiger partial charge in [0.25, 0.3) is 5.91 Å². The summed E-state index contributed by atoms with van der Waals surface area (Å²) >= 11 is 0. The number of nitrogens with one attached hydrogen (secondary N) is 1. The predicted octanol–water partition coefficient (Wildman–Crippen LogP) is 2.51. The maximum atomic E-state index is 11.9. The third-order valence-electron chi connectivity index (χ3n) is 3.08. The second kappa shape index (κ2) is 7.22. The molecule has 0 aromatic heterocycles. The number of benzene rings is 2. The number of hydrogen-bond acceptors (Lipinski definition) is 3. The van der Waals surface area contributed by atoms with E-state index in [2.05, 4.69) is 5.32 Å². The van der Waals surface area contributed by atoms with E-state index in [0.717, 1.165) is 16.3 Å². The maximum Gasteiger partial charge on any atom is 0.262 e. The van der Waals surface area contributed by atoms with Gasteiger partial charge in [-0.2, -0.15) is 5.26 Å². The zero-order chi connectivity index (χ0) is 15.1. The molecular formula is C17H16N2O2. The van der Waals surface area contributed by atoms with E-state index in [1.807, 2.05) is 48.5 Å². The van der Waals surface area contributed by atoms with Crippen molar-refractivity contribution in [2.45, 2.75) is 0 Å². The summed E-state index contributed by atoms with van der Waals surface area (Å²) < 4.78 is 4.86. The number of carbonyl (C=O) groups excluding carboxylic acids is 1. The molecule has 0 atom stereocenters. The van der Waals surface area contributed by atoms with Crippen LogP contribution in [0, 0.1) is 11.3 Å². The molecule has 0 aliphatic rings. The monoisotopic (exact) mass is 280 g/mol. The fraction of sp³-hybridized carbons (Fsp3) is 0.176. The van der Waals surface area contributed by atoms with Gasteiger partial charge in [0, 0.05) is 13.7 Å². The quantitative estimate of drug-likeness (QED) is 0.520. The molecule has 0 radical (unpaired) electrons. The van der Waals surface area contributed by atoms with Crippen molar-refractivity contribution in [2.24, 2.45) is 0 Å². The molecule has 0 unspecified atom stereocenters. The van der Waals surface area contributed by atoms with Gasteiger partial charge < -0.3 is 10.1 Å². The zero-order valence-electron chi connectivity index (χ0n) is 11.8. The Balaban J connectivity index is 2.30. The molecule has 0 aliphatic heterocycles. The summed E-state index contributed by atoms with van der Waals surface area (Å²) in [7, 11) is 1.56. The fourth-order valence-corrected chi connectivity index (χ4v) is 2.04. The summed E-state index contributed by atoms with van der Waals surface area (Å²) in [6, 6.07) is 15.6. The Morgan fingerprint density at radius 2 is 2.05 bits per heavy atom. The number of carbonyl (C=O) groups is 1. The van der Waals surface area contributed by atoms with E-state index in [0.29, 0.717) is 13.2 Å². The molecular weight excluding hydrogens is 264 g/mol. The molecule has 0 saturated heterocycles. The number of amides is 1. The van der Waals surface area contributed by atoms with Crippen molar-refractivity contribution in [1.82, 2.24) is 5.32 Å². The second-order valence-electron chi connectivity index (χ2n) is 4.49. The fourth-order valence-electron chi connectivity index (χ4n) is 2.04. The van der Waals surface area contributed by atoms with Gasteiger partial charge in [0.15, 0.2) is 0 Å². The van der Waals surface area contributed by atoms with E-state index < -0.39 is 0 Å². The highest BCUT2D eigenvalue weighted by atomic mass is 16.5. The highest BCUT2D eigenvalue weighted by Gasteiger charge is 2.09. The van der Waals surface area contributed by atoms with Gasteiger partial charge in [0.2, 0.25) is 0 Å². The first-order valence-electron chi connectivity index (χ1n) is 6.63. The average Bonchev–Trinajstić information content (AvgIpc) is 2.52. The van der Waals surface area contributed by atoms with Crippen molar-refractivity contribution in [2.75, 3.05) is 20.3 Å². The molecule has 1 N–H and O–H groups in total. The van der Waals surface area contributed by atoms with Crippen molar-refractivity contribution in [3.8, 4) is 6.07 Å². The number of methoxy groups -OCH3 is 1. The minimum Gasteiger partial charge on any atom is -0.383 e. The first-order valence-corrected chi connectivity index (χ1v) is 6.63. The van der Waals surface area contributed by atoms with Gasteiger partial charge in [-0.05, 0) is 22.4 Å². The summed E-state index contributed by atoms with van der Waals surface area (Å²) in [5.74, 6) is -0.387. The number of nitriles is 1. The van der Waals surface area contributed by atoms with Crippen molar-refractivity contribution in [1.29, 1.82) is 5.26 Å². The molecule has 0 bridgehead atoms. The average molecular weight is 280 g/mol. The Morgan fingerprint density at radius 3 is 2.81 bits per heavy atom. The third-order valence-corrected chi connectivity index (χ3v) is 3.08. The van der Waals surface area contributed by atoms with E-state index in [9.17, 15) is 10.1 Å². The van der Waals surface area contributed by atoms with Crippen LogP contribution in [0.15, 0.2) is 48.0 Å². The van der Waals surface area contributed by atoms with Crippen LogP contribution in [0.5, 0.6) is 0 Å². The number of hydrogen-bond donors (Lipinski definition) is 1. The van der Waals surface area contributed by atoms with Crippen molar-refractivity contribution in [3.05, 3.63) is 53.6 Å². The van der Waals surface area contributed by atoms with E-state index in [1.165, 1.54) is 0 Å². The Bertz CT molecular complexity index is 709. The molecule has 106 valence electrons. The van der Waals surface area contributed by atoms with Gasteiger partial charge >= 0.3 is 0 Å². The van der Waals surface area contributed by atoms with Crippen molar-refractivity contribution >= 4 is 22.8 Å². The molecule has 0 aliphatic carbocycles. The Labute approximate surface area is 123 Å². The molecule has 0 spiro atoms. The molecule has 2 aromatic rings. The molecule has 21 heavy (non-hydrogen) atoms. The molecule has 0 heterocycles. The lowest BCUT2D eigenvalue weighted by Crippen LogP contribution is -2.27. The first kappa shape index (κ1) is 14.8. The number of rotatable bonds is 5. The van der Waals surface area contributed by atoms with Gasteiger partial charge in [-0.3, -0.25) is 4.79 Å². The number of ether oxygens (including phenoxy) is 1. The minimum absolute atomic E-state index is 0.0856. The lowest BCUT2D eigenvalue weighted by Gasteiger charge is -2.05. The number of fused-ring (bicyclic) bond motifs is 1. The highest BCUT2D eigenvalue weighted by Crippen LogP contribution is 2.20. The summed E-state index contributed by atoms with van der Waals surface area (Å²) in [5.41, 5.74) is 0.939. The Kier molecular flexibility index (Phi) is 5.08. The second-order valence-corrected chi connectivity index (χ2v) is 4.49. The van der Waals surface area contributed by atoms with Crippen LogP contribution in [-0.2, 0) is 9.53 Å². The van der Waals surface area contributed by atoms with Crippen LogP contribution in [0.25, 0.3) is 16.8 Å². The summed E-state index contributed by atoms with van der Waals surface area (Å²) in [5, 5.41) is 13.9. The molecule has 2 rings (SSSR count). The topological polar surface area (TPSA) is 62.1 Å². The molecule has 1 amide bonds. The summed E-state index contributed by atoms with van der Waals surface area (Å²) in [4.78, 5) is 11.9. The van der Waals surface area contributed by atoms with Crippen LogP contribution >= 0.6 is 0 Å². The third kappa shape index (κ3) is 3.68. The van der Waals surface area contributed by atoms with Gasteiger partial charge in [-0.25, -0.2) is 0 Å². The molecule has 2 aromatic carbocycles. The molecule has 0 fully saturated rings. The predicted molar refractivity (Wildman–Crippen MR) is 82.4 cm³/mol. The van der Waals surface area contributed by atoms with E-state index in [1.54, 1.807) is 13.2 Å². The molecule has 4 nitrogen and oxygen atoms in total. The Hall–Kier alpha value is -2.64. The molecule has 0 saturated carbocycles. The minimum atomic E-state index is -0.387. The van der Waals surface area contributed by atoms with Crippen LogP contribution in [0.1, 0.15) is 5.56 Å². The lowest BCUT2D eigenvalue weighted by molar-refractivity contribution is -0.117. The smallest absolute Gasteiger partial charge is 0.262 e. The summed E-state index contributed by atoms with van der Waals surface area (Å²) in [6.07, 6.45) is 1.62. The van der Waals surface area contributed by atoms with Crippen LogP contribution in [0.4, 0.5) is 0 Å². The first-order chi connectivity index (χ1) is 10.3. The van der Waals surface area contributed by atoms with Gasteiger partial charge in [-0.1, -0.05) is 42.5 Å².